The van der Waals surface area contributed by atoms with Crippen LogP contribution < -0.4 is 5.32 Å². The first-order valence-corrected chi connectivity index (χ1v) is 6.38. The Morgan fingerprint density at radius 3 is 2.62 bits per heavy atom. The van der Waals surface area contributed by atoms with E-state index in [2.05, 4.69) is 21.2 Å². The van der Waals surface area contributed by atoms with Gasteiger partial charge in [-0.1, -0.05) is 15.9 Å². The van der Waals surface area contributed by atoms with Crippen LogP contribution in [0.3, 0.4) is 0 Å². The van der Waals surface area contributed by atoms with Crippen molar-refractivity contribution in [2.24, 2.45) is 0 Å². The van der Waals surface area contributed by atoms with Crippen LogP contribution in [0.2, 0.25) is 0 Å². The highest BCUT2D eigenvalue weighted by molar-refractivity contribution is 9.10. The van der Waals surface area contributed by atoms with E-state index in [1.165, 1.54) is 18.2 Å². The molecule has 1 amide bonds. The maximum atomic E-state index is 12.1. The number of anilines is 1. The number of benzene rings is 1. The average molecular weight is 370 g/mol. The minimum absolute atomic E-state index is 0.0446. The summed E-state index contributed by atoms with van der Waals surface area (Å²) in [5.41, 5.74) is -0.229. The smallest absolute Gasteiger partial charge is 0.371 e. The predicted octanol–water partition coefficient (Wildman–Crippen LogP) is 2.79. The van der Waals surface area contributed by atoms with Gasteiger partial charge < -0.3 is 10.2 Å². The number of hydrogen-bond donors (Lipinski definition) is 1. The second-order valence-electron chi connectivity index (χ2n) is 4.14. The lowest BCUT2D eigenvalue weighted by molar-refractivity contribution is -0.384. The minimum atomic E-state index is -4.49. The maximum absolute atomic E-state index is 12.1. The summed E-state index contributed by atoms with van der Waals surface area (Å²) >= 11 is 3.11. The number of carbonyl (C=O) groups is 1. The third kappa shape index (κ3) is 5.58. The minimum Gasteiger partial charge on any atom is -0.371 e. The summed E-state index contributed by atoms with van der Waals surface area (Å²) in [6.45, 7) is -1.86. The molecule has 0 aliphatic carbocycles. The first-order chi connectivity index (χ1) is 9.60. The lowest BCUT2D eigenvalue weighted by atomic mass is 10.2. The lowest BCUT2D eigenvalue weighted by Gasteiger charge is -2.19. The van der Waals surface area contributed by atoms with Crippen molar-refractivity contribution in [3.05, 3.63) is 32.8 Å². The monoisotopic (exact) mass is 369 g/mol. The number of alkyl halides is 3. The van der Waals surface area contributed by atoms with Crippen LogP contribution in [0.25, 0.3) is 0 Å². The molecule has 0 radical (unpaired) electrons. The Labute approximate surface area is 126 Å². The fraction of sp³-hybridized carbons (Fsp3) is 0.364. The summed E-state index contributed by atoms with van der Waals surface area (Å²) in [5, 5.41) is 13.3. The van der Waals surface area contributed by atoms with Crippen LogP contribution in [0.5, 0.6) is 0 Å². The zero-order valence-corrected chi connectivity index (χ0v) is 12.4. The van der Waals surface area contributed by atoms with E-state index in [0.717, 1.165) is 7.05 Å². The highest BCUT2D eigenvalue weighted by Gasteiger charge is 2.31. The topological polar surface area (TPSA) is 75.5 Å². The van der Waals surface area contributed by atoms with Gasteiger partial charge in [0.1, 0.15) is 12.2 Å². The van der Waals surface area contributed by atoms with Gasteiger partial charge in [0.2, 0.25) is 5.91 Å². The van der Waals surface area contributed by atoms with Gasteiger partial charge in [-0.3, -0.25) is 14.9 Å². The number of halogens is 4. The van der Waals surface area contributed by atoms with E-state index in [4.69, 9.17) is 0 Å². The summed E-state index contributed by atoms with van der Waals surface area (Å²) < 4.78 is 37.0. The molecule has 0 fully saturated rings. The molecule has 1 aromatic rings. The zero-order valence-electron chi connectivity index (χ0n) is 10.8. The van der Waals surface area contributed by atoms with Crippen LogP contribution in [0.15, 0.2) is 22.7 Å². The molecule has 1 aromatic carbocycles. The number of likely N-dealkylation sites (N-methyl/N-ethyl adjacent to an activating group) is 1. The Bertz CT molecular complexity index is 551. The SMILES string of the molecule is CN(CC(F)(F)F)C(=O)CNc1cc(Br)ccc1[N+](=O)[O-]. The molecular formula is C11H11BrF3N3O3. The molecule has 0 heterocycles. The van der Waals surface area contributed by atoms with Crippen LogP contribution in [0, 0.1) is 10.1 Å². The number of carbonyl (C=O) groups excluding carboxylic acids is 1. The van der Waals surface area contributed by atoms with Crippen molar-refractivity contribution in [1.82, 2.24) is 4.90 Å². The van der Waals surface area contributed by atoms with Crippen molar-refractivity contribution in [1.29, 1.82) is 0 Å². The van der Waals surface area contributed by atoms with Crippen LogP contribution >= 0.6 is 15.9 Å². The van der Waals surface area contributed by atoms with E-state index in [9.17, 15) is 28.1 Å². The molecule has 0 bridgehead atoms. The van der Waals surface area contributed by atoms with E-state index < -0.39 is 30.1 Å². The van der Waals surface area contributed by atoms with Crippen molar-refractivity contribution in [2.45, 2.75) is 6.18 Å². The normalized spacial score (nSPS) is 11.1. The van der Waals surface area contributed by atoms with Gasteiger partial charge >= 0.3 is 6.18 Å². The van der Waals surface area contributed by atoms with Crippen LogP contribution in [-0.2, 0) is 4.79 Å². The number of rotatable bonds is 5. The Hall–Kier alpha value is -1.84. The van der Waals surface area contributed by atoms with E-state index in [1.807, 2.05) is 0 Å². The van der Waals surface area contributed by atoms with E-state index in [0.29, 0.717) is 9.37 Å². The first-order valence-electron chi connectivity index (χ1n) is 5.58. The third-order valence-corrected chi connectivity index (χ3v) is 2.92. The molecule has 21 heavy (non-hydrogen) atoms. The third-order valence-electron chi connectivity index (χ3n) is 2.43. The summed E-state index contributed by atoms with van der Waals surface area (Å²) in [5.74, 6) is -0.832. The molecule has 0 spiro atoms. The Kier molecular flexibility index (Phi) is 5.53. The standard InChI is InChI=1S/C11H11BrF3N3O3/c1-17(6-11(13,14)15)10(19)5-16-8-4-7(12)2-3-9(8)18(20)21/h2-4,16H,5-6H2,1H3. The van der Waals surface area contributed by atoms with Crippen molar-refractivity contribution < 1.29 is 22.9 Å². The molecular weight excluding hydrogens is 359 g/mol. The summed E-state index contributed by atoms with van der Waals surface area (Å²) in [7, 11) is 1.01. The molecule has 10 heteroatoms. The van der Waals surface area contributed by atoms with Crippen LogP contribution in [0.1, 0.15) is 0 Å². The number of nitro benzene ring substituents is 1. The van der Waals surface area contributed by atoms with Crippen molar-refractivity contribution in [3.8, 4) is 0 Å². The van der Waals surface area contributed by atoms with Crippen molar-refractivity contribution >= 4 is 33.2 Å². The highest BCUT2D eigenvalue weighted by atomic mass is 79.9. The Balaban J connectivity index is 2.73. The first kappa shape index (κ1) is 17.2. The summed E-state index contributed by atoms with van der Waals surface area (Å²) in [6, 6.07) is 4.03. The second-order valence-corrected chi connectivity index (χ2v) is 5.05. The molecule has 0 aliphatic rings. The second kappa shape index (κ2) is 6.74. The molecule has 0 unspecified atom stereocenters. The molecule has 116 valence electrons. The molecule has 0 atom stereocenters. The Morgan fingerprint density at radius 1 is 1.48 bits per heavy atom. The number of hydrogen-bond acceptors (Lipinski definition) is 4. The van der Waals surface area contributed by atoms with Crippen molar-refractivity contribution in [2.75, 3.05) is 25.5 Å². The fourth-order valence-electron chi connectivity index (χ4n) is 1.47. The highest BCUT2D eigenvalue weighted by Crippen LogP contribution is 2.27. The van der Waals surface area contributed by atoms with Crippen LogP contribution in [-0.4, -0.2) is 42.0 Å². The maximum Gasteiger partial charge on any atom is 0.406 e. The molecule has 1 rings (SSSR count). The quantitative estimate of drug-likeness (QED) is 0.639. The van der Waals surface area contributed by atoms with Gasteiger partial charge in [-0.2, -0.15) is 13.2 Å². The van der Waals surface area contributed by atoms with Gasteiger partial charge in [0.25, 0.3) is 5.69 Å². The average Bonchev–Trinajstić information content (AvgIpc) is 2.33. The van der Waals surface area contributed by atoms with Crippen LogP contribution in [0.4, 0.5) is 24.5 Å². The van der Waals surface area contributed by atoms with Gasteiger partial charge in [0.05, 0.1) is 11.5 Å². The zero-order chi connectivity index (χ0) is 16.2. The number of nitro groups is 1. The number of amides is 1. The number of nitrogens with one attached hydrogen (secondary N) is 1. The van der Waals surface area contributed by atoms with E-state index in [1.54, 1.807) is 0 Å². The van der Waals surface area contributed by atoms with Gasteiger partial charge in [0, 0.05) is 17.6 Å². The predicted molar refractivity (Wildman–Crippen MR) is 73.0 cm³/mol. The largest absolute Gasteiger partial charge is 0.406 e. The molecule has 0 saturated carbocycles. The molecule has 1 N–H and O–H groups in total. The molecule has 0 aliphatic heterocycles. The van der Waals surface area contributed by atoms with Gasteiger partial charge in [-0.05, 0) is 12.1 Å². The fourth-order valence-corrected chi connectivity index (χ4v) is 1.83. The Morgan fingerprint density at radius 2 is 2.10 bits per heavy atom. The van der Waals surface area contributed by atoms with Gasteiger partial charge in [0.15, 0.2) is 0 Å². The van der Waals surface area contributed by atoms with E-state index >= 15 is 0 Å². The molecule has 0 aromatic heterocycles. The van der Waals surface area contributed by atoms with Gasteiger partial charge in [-0.15, -0.1) is 0 Å². The van der Waals surface area contributed by atoms with Crippen molar-refractivity contribution in [3.63, 3.8) is 0 Å². The van der Waals surface area contributed by atoms with Gasteiger partial charge in [-0.25, -0.2) is 0 Å². The van der Waals surface area contributed by atoms with E-state index in [-0.39, 0.29) is 11.4 Å². The summed E-state index contributed by atoms with van der Waals surface area (Å²) in [6.07, 6.45) is -4.49. The summed E-state index contributed by atoms with van der Waals surface area (Å²) in [4.78, 5) is 22.2. The molecule has 6 nitrogen and oxygen atoms in total. The molecule has 0 saturated heterocycles. The lowest BCUT2D eigenvalue weighted by Crippen LogP contribution is -2.38. The number of nitrogens with zero attached hydrogens (tertiary/aromatic N) is 2.